The lowest BCUT2D eigenvalue weighted by molar-refractivity contribution is -0.151. The second-order valence-corrected chi connectivity index (χ2v) is 8.25. The van der Waals surface area contributed by atoms with E-state index in [-0.39, 0.29) is 29.4 Å². The molecule has 0 aliphatic carbocycles. The third kappa shape index (κ3) is 5.70. The average Bonchev–Trinajstić information content (AvgIpc) is 2.51. The minimum absolute atomic E-state index is 0.0793. The molecule has 1 amide bonds. The molecule has 1 aromatic carbocycles. The van der Waals surface area contributed by atoms with Crippen LogP contribution in [0.2, 0.25) is 0 Å². The Morgan fingerprint density at radius 2 is 1.88 bits per heavy atom. The maximum Gasteiger partial charge on any atom is 0.338 e. The Morgan fingerprint density at radius 1 is 1.27 bits per heavy atom. The molecule has 26 heavy (non-hydrogen) atoms. The zero-order chi connectivity index (χ0) is 19.5. The molecule has 9 heteroatoms. The Kier molecular flexibility index (Phi) is 6.25. The first kappa shape index (κ1) is 20.2. The van der Waals surface area contributed by atoms with Gasteiger partial charge in [0, 0.05) is 18.8 Å². The Balaban J connectivity index is 2.02. The topological polar surface area (TPSA) is 102 Å². The van der Waals surface area contributed by atoms with Crippen molar-refractivity contribution in [3.63, 3.8) is 0 Å². The molecule has 8 nitrogen and oxygen atoms in total. The predicted molar refractivity (Wildman–Crippen MR) is 96.4 cm³/mol. The highest BCUT2D eigenvalue weighted by molar-refractivity contribution is 7.92. The van der Waals surface area contributed by atoms with Crippen LogP contribution in [0.5, 0.6) is 0 Å². The van der Waals surface area contributed by atoms with Crippen molar-refractivity contribution in [3.8, 4) is 0 Å². The zero-order valence-corrected chi connectivity index (χ0v) is 16.1. The lowest BCUT2D eigenvalue weighted by Crippen LogP contribution is -2.51. The van der Waals surface area contributed by atoms with Crippen molar-refractivity contribution in [2.24, 2.45) is 0 Å². The van der Waals surface area contributed by atoms with E-state index in [0.29, 0.717) is 13.1 Å². The SMILES string of the molecule is CC1CN(C(=O)C(C)OC(=O)c2cccc(NS(C)(=O)=O)c2)CC(C)O1. The number of nitrogens with one attached hydrogen (secondary N) is 1. The summed E-state index contributed by atoms with van der Waals surface area (Å²) in [6.07, 6.45) is -0.0940. The fourth-order valence-electron chi connectivity index (χ4n) is 2.82. The van der Waals surface area contributed by atoms with Crippen LogP contribution in [0.3, 0.4) is 0 Å². The van der Waals surface area contributed by atoms with Crippen molar-refractivity contribution in [2.45, 2.75) is 39.1 Å². The van der Waals surface area contributed by atoms with Crippen LogP contribution in [0.1, 0.15) is 31.1 Å². The molecule has 1 aromatic rings. The van der Waals surface area contributed by atoms with Gasteiger partial charge in [0.25, 0.3) is 5.91 Å². The van der Waals surface area contributed by atoms with Gasteiger partial charge in [0.1, 0.15) is 0 Å². The number of benzene rings is 1. The van der Waals surface area contributed by atoms with E-state index >= 15 is 0 Å². The summed E-state index contributed by atoms with van der Waals surface area (Å²) >= 11 is 0. The van der Waals surface area contributed by atoms with Crippen LogP contribution in [-0.4, -0.2) is 62.9 Å². The highest BCUT2D eigenvalue weighted by Gasteiger charge is 2.30. The largest absolute Gasteiger partial charge is 0.449 e. The standard InChI is InChI=1S/C17H24N2O6S/c1-11-9-19(10-12(2)24-11)16(20)13(3)25-17(21)14-6-5-7-15(8-14)18-26(4,22)23/h5-8,11-13,18H,9-10H2,1-4H3. The number of hydrogen-bond donors (Lipinski definition) is 1. The second kappa shape index (κ2) is 8.05. The maximum atomic E-state index is 12.5. The Bertz CT molecular complexity index is 769. The number of hydrogen-bond acceptors (Lipinski definition) is 6. The minimum Gasteiger partial charge on any atom is -0.449 e. The van der Waals surface area contributed by atoms with Gasteiger partial charge >= 0.3 is 5.97 Å². The third-order valence-electron chi connectivity index (χ3n) is 3.76. The van der Waals surface area contributed by atoms with Gasteiger partial charge in [-0.25, -0.2) is 13.2 Å². The average molecular weight is 384 g/mol. The number of sulfonamides is 1. The molecule has 1 fully saturated rings. The second-order valence-electron chi connectivity index (χ2n) is 6.50. The summed E-state index contributed by atoms with van der Waals surface area (Å²) in [4.78, 5) is 26.4. The number of morpholine rings is 1. The molecule has 1 aliphatic heterocycles. The van der Waals surface area contributed by atoms with E-state index in [0.717, 1.165) is 6.26 Å². The number of carbonyl (C=O) groups is 2. The summed E-state index contributed by atoms with van der Waals surface area (Å²) in [7, 11) is -3.46. The molecular formula is C17H24N2O6S. The van der Waals surface area contributed by atoms with E-state index in [1.54, 1.807) is 4.90 Å². The minimum atomic E-state index is -3.46. The van der Waals surface area contributed by atoms with Crippen LogP contribution in [-0.2, 0) is 24.3 Å². The number of nitrogens with zero attached hydrogens (tertiary/aromatic N) is 1. The van der Waals surface area contributed by atoms with Crippen molar-refractivity contribution >= 4 is 27.6 Å². The van der Waals surface area contributed by atoms with E-state index in [9.17, 15) is 18.0 Å². The molecule has 0 radical (unpaired) electrons. The summed E-state index contributed by atoms with van der Waals surface area (Å²) < 4.78 is 35.7. The number of ether oxygens (including phenoxy) is 2. The first-order valence-electron chi connectivity index (χ1n) is 8.28. The van der Waals surface area contributed by atoms with Crippen molar-refractivity contribution in [3.05, 3.63) is 29.8 Å². The molecule has 144 valence electrons. The van der Waals surface area contributed by atoms with Crippen molar-refractivity contribution in [2.75, 3.05) is 24.1 Å². The summed E-state index contributed by atoms with van der Waals surface area (Å²) in [6, 6.07) is 5.90. The van der Waals surface area contributed by atoms with Gasteiger partial charge in [-0.3, -0.25) is 9.52 Å². The number of rotatable bonds is 5. The monoisotopic (exact) mass is 384 g/mol. The van der Waals surface area contributed by atoms with E-state index in [1.165, 1.54) is 31.2 Å². The summed E-state index contributed by atoms with van der Waals surface area (Å²) in [6.45, 7) is 6.17. The molecule has 1 heterocycles. The van der Waals surface area contributed by atoms with Gasteiger partial charge in [-0.2, -0.15) is 0 Å². The van der Waals surface area contributed by atoms with Crippen molar-refractivity contribution in [1.82, 2.24) is 4.90 Å². The van der Waals surface area contributed by atoms with Crippen LogP contribution in [0.4, 0.5) is 5.69 Å². The van der Waals surface area contributed by atoms with Crippen LogP contribution in [0.15, 0.2) is 24.3 Å². The maximum absolute atomic E-state index is 12.5. The number of carbonyl (C=O) groups excluding carboxylic acids is 2. The third-order valence-corrected chi connectivity index (χ3v) is 4.37. The fraction of sp³-hybridized carbons (Fsp3) is 0.529. The van der Waals surface area contributed by atoms with Gasteiger partial charge < -0.3 is 14.4 Å². The van der Waals surface area contributed by atoms with Crippen LogP contribution < -0.4 is 4.72 Å². The lowest BCUT2D eigenvalue weighted by Gasteiger charge is -2.36. The Hall–Kier alpha value is -2.13. The first-order chi connectivity index (χ1) is 12.0. The first-order valence-corrected chi connectivity index (χ1v) is 10.2. The van der Waals surface area contributed by atoms with Gasteiger partial charge in [-0.1, -0.05) is 6.07 Å². The molecule has 3 unspecified atom stereocenters. The molecule has 1 N–H and O–H groups in total. The van der Waals surface area contributed by atoms with Crippen molar-refractivity contribution < 1.29 is 27.5 Å². The lowest BCUT2D eigenvalue weighted by atomic mass is 10.2. The van der Waals surface area contributed by atoms with Gasteiger partial charge in [-0.15, -0.1) is 0 Å². The van der Waals surface area contributed by atoms with Gasteiger partial charge in [0.05, 0.1) is 24.0 Å². The van der Waals surface area contributed by atoms with Gasteiger partial charge in [0.2, 0.25) is 10.0 Å². The number of anilines is 1. The molecule has 1 aliphatic rings. The summed E-state index contributed by atoms with van der Waals surface area (Å²) in [5.74, 6) is -0.983. The zero-order valence-electron chi connectivity index (χ0n) is 15.3. The molecule has 2 rings (SSSR count). The Labute approximate surface area is 153 Å². The van der Waals surface area contributed by atoms with Crippen LogP contribution in [0.25, 0.3) is 0 Å². The van der Waals surface area contributed by atoms with Gasteiger partial charge in [-0.05, 0) is 39.0 Å². The fourth-order valence-corrected chi connectivity index (χ4v) is 3.37. The summed E-state index contributed by atoms with van der Waals surface area (Å²) in [5, 5.41) is 0. The molecular weight excluding hydrogens is 360 g/mol. The Morgan fingerprint density at radius 3 is 2.46 bits per heavy atom. The quantitative estimate of drug-likeness (QED) is 0.767. The molecule has 3 atom stereocenters. The normalized spacial score (nSPS) is 21.8. The van der Waals surface area contributed by atoms with Gasteiger partial charge in [0.15, 0.2) is 6.10 Å². The number of amides is 1. The molecule has 0 aromatic heterocycles. The molecule has 0 saturated carbocycles. The number of esters is 1. The van der Waals surface area contributed by atoms with E-state index < -0.39 is 22.1 Å². The van der Waals surface area contributed by atoms with E-state index in [4.69, 9.17) is 9.47 Å². The van der Waals surface area contributed by atoms with Crippen LogP contribution in [0, 0.1) is 0 Å². The van der Waals surface area contributed by atoms with Crippen LogP contribution >= 0.6 is 0 Å². The van der Waals surface area contributed by atoms with Crippen molar-refractivity contribution in [1.29, 1.82) is 0 Å². The highest BCUT2D eigenvalue weighted by Crippen LogP contribution is 2.16. The molecule has 0 bridgehead atoms. The summed E-state index contributed by atoms with van der Waals surface area (Å²) in [5.41, 5.74) is 0.402. The molecule has 1 saturated heterocycles. The van der Waals surface area contributed by atoms with E-state index in [1.807, 2.05) is 13.8 Å². The van der Waals surface area contributed by atoms with E-state index in [2.05, 4.69) is 4.72 Å². The molecule has 0 spiro atoms. The highest BCUT2D eigenvalue weighted by atomic mass is 32.2. The smallest absolute Gasteiger partial charge is 0.338 e. The predicted octanol–water partition coefficient (Wildman–Crippen LogP) is 1.24.